The molecule has 0 saturated heterocycles. The number of H-pyrrole nitrogens is 1. The van der Waals surface area contributed by atoms with Crippen molar-refractivity contribution in [2.45, 2.75) is 19.1 Å². The van der Waals surface area contributed by atoms with Crippen LogP contribution in [0.2, 0.25) is 0 Å². The van der Waals surface area contributed by atoms with Gasteiger partial charge in [-0.15, -0.1) is 0 Å². The molecule has 27 heavy (non-hydrogen) atoms. The van der Waals surface area contributed by atoms with Crippen LogP contribution in [0.4, 0.5) is 4.39 Å². The normalized spacial score (nSPS) is 12.2. The average molecular weight is 361 g/mol. The maximum atomic E-state index is 13.2. The Morgan fingerprint density at radius 3 is 2.63 bits per heavy atom. The first-order valence-electron chi connectivity index (χ1n) is 8.82. The van der Waals surface area contributed by atoms with Gasteiger partial charge in [-0.05, 0) is 29.8 Å². The molecule has 1 atom stereocenters. The molecule has 0 aliphatic heterocycles. The first-order valence-corrected chi connectivity index (χ1v) is 8.82. The lowest BCUT2D eigenvalue weighted by molar-refractivity contribution is 0.462. The zero-order chi connectivity index (χ0) is 18.5. The lowest BCUT2D eigenvalue weighted by Gasteiger charge is -2.20. The van der Waals surface area contributed by atoms with Gasteiger partial charge in [-0.1, -0.05) is 30.3 Å². The average Bonchev–Trinajstić information content (AvgIpc) is 3.38. The van der Waals surface area contributed by atoms with E-state index >= 15 is 0 Å². The number of aromatic nitrogens is 4. The number of halogens is 1. The summed E-state index contributed by atoms with van der Waals surface area (Å²) in [6.07, 6.45) is 7.37. The second-order valence-corrected chi connectivity index (χ2v) is 6.38. The fourth-order valence-corrected chi connectivity index (χ4v) is 3.12. The van der Waals surface area contributed by atoms with Gasteiger partial charge in [-0.2, -0.15) is 5.10 Å². The van der Waals surface area contributed by atoms with Gasteiger partial charge in [-0.3, -0.25) is 5.10 Å². The van der Waals surface area contributed by atoms with Crippen molar-refractivity contribution in [2.24, 2.45) is 0 Å². The summed E-state index contributed by atoms with van der Waals surface area (Å²) in [6.45, 7) is 1.41. The van der Waals surface area contributed by atoms with Crippen molar-refractivity contribution in [3.05, 3.63) is 96.5 Å². The zero-order valence-electron chi connectivity index (χ0n) is 14.7. The minimum atomic E-state index is -0.248. The van der Waals surface area contributed by atoms with Gasteiger partial charge >= 0.3 is 0 Å². The van der Waals surface area contributed by atoms with Crippen LogP contribution in [0.1, 0.15) is 17.2 Å². The Balaban J connectivity index is 1.53. The Labute approximate surface area is 156 Å². The third kappa shape index (κ3) is 4.12. The fourth-order valence-electron chi connectivity index (χ4n) is 3.12. The summed E-state index contributed by atoms with van der Waals surface area (Å²) in [5, 5.41) is 10.8. The molecule has 0 unspecified atom stereocenters. The van der Waals surface area contributed by atoms with Gasteiger partial charge in [-0.25, -0.2) is 9.37 Å². The van der Waals surface area contributed by atoms with E-state index in [0.717, 1.165) is 23.4 Å². The molecule has 4 aromatic rings. The molecule has 0 fully saturated rings. The fraction of sp³-hybridized carbons (Fsp3) is 0.143. The Morgan fingerprint density at radius 2 is 1.89 bits per heavy atom. The molecule has 2 heterocycles. The number of imidazole rings is 1. The monoisotopic (exact) mass is 361 g/mol. The first-order chi connectivity index (χ1) is 13.3. The Bertz CT molecular complexity index is 962. The second-order valence-electron chi connectivity index (χ2n) is 6.38. The number of nitrogens with one attached hydrogen (secondary N) is 2. The van der Waals surface area contributed by atoms with Crippen LogP contribution in [0.3, 0.4) is 0 Å². The molecule has 2 aromatic carbocycles. The summed E-state index contributed by atoms with van der Waals surface area (Å²) in [5.74, 6) is -0.248. The predicted octanol–water partition coefficient (Wildman–Crippen LogP) is 3.94. The van der Waals surface area contributed by atoms with Crippen LogP contribution in [0.5, 0.6) is 0 Å². The molecule has 0 bridgehead atoms. The molecular weight excluding hydrogens is 341 g/mol. The SMILES string of the molecule is Fc1ccc(-c2[nH]ncc2CN[C@H](Cn2ccnc2)c2ccccc2)cc1. The molecule has 0 radical (unpaired) electrons. The maximum absolute atomic E-state index is 13.2. The predicted molar refractivity (Wildman–Crippen MR) is 102 cm³/mol. The molecule has 0 amide bonds. The number of hydrogen-bond donors (Lipinski definition) is 2. The van der Waals surface area contributed by atoms with Crippen molar-refractivity contribution in [1.29, 1.82) is 0 Å². The summed E-state index contributed by atoms with van der Waals surface area (Å²) in [6, 6.07) is 16.9. The standard InChI is InChI=1S/C21H20FN5/c22-19-8-6-17(7-9-19)21-18(13-25-26-21)12-24-20(14-27-11-10-23-15-27)16-4-2-1-3-5-16/h1-11,13,15,20,24H,12,14H2,(H,25,26)/t20-/m1/s1. The largest absolute Gasteiger partial charge is 0.336 e. The van der Waals surface area contributed by atoms with Gasteiger partial charge < -0.3 is 9.88 Å². The lowest BCUT2D eigenvalue weighted by atomic mass is 10.1. The van der Waals surface area contributed by atoms with Gasteiger partial charge in [0.15, 0.2) is 0 Å². The first kappa shape index (κ1) is 17.2. The van der Waals surface area contributed by atoms with E-state index in [1.807, 2.05) is 36.9 Å². The molecular formula is C21H20FN5. The molecule has 136 valence electrons. The maximum Gasteiger partial charge on any atom is 0.123 e. The van der Waals surface area contributed by atoms with Crippen molar-refractivity contribution >= 4 is 0 Å². The molecule has 0 aliphatic carbocycles. The molecule has 2 aromatic heterocycles. The van der Waals surface area contributed by atoms with Gasteiger partial charge in [0, 0.05) is 36.6 Å². The van der Waals surface area contributed by atoms with E-state index in [-0.39, 0.29) is 11.9 Å². The molecule has 5 nitrogen and oxygen atoms in total. The Morgan fingerprint density at radius 1 is 1.07 bits per heavy atom. The number of benzene rings is 2. The quantitative estimate of drug-likeness (QED) is 0.524. The highest BCUT2D eigenvalue weighted by molar-refractivity contribution is 5.62. The highest BCUT2D eigenvalue weighted by atomic mass is 19.1. The summed E-state index contributed by atoms with van der Waals surface area (Å²) in [7, 11) is 0. The summed E-state index contributed by atoms with van der Waals surface area (Å²) < 4.78 is 15.3. The highest BCUT2D eigenvalue weighted by Gasteiger charge is 2.14. The van der Waals surface area contributed by atoms with Crippen molar-refractivity contribution in [3.8, 4) is 11.3 Å². The van der Waals surface area contributed by atoms with E-state index in [9.17, 15) is 4.39 Å². The van der Waals surface area contributed by atoms with E-state index in [2.05, 4.69) is 37.2 Å². The van der Waals surface area contributed by atoms with Crippen LogP contribution in [-0.2, 0) is 13.1 Å². The van der Waals surface area contributed by atoms with Crippen molar-refractivity contribution < 1.29 is 4.39 Å². The molecule has 0 saturated carbocycles. The smallest absolute Gasteiger partial charge is 0.123 e. The van der Waals surface area contributed by atoms with Crippen LogP contribution in [0, 0.1) is 5.82 Å². The van der Waals surface area contributed by atoms with E-state index < -0.39 is 0 Å². The van der Waals surface area contributed by atoms with E-state index in [1.165, 1.54) is 17.7 Å². The minimum absolute atomic E-state index is 0.122. The van der Waals surface area contributed by atoms with Crippen molar-refractivity contribution in [1.82, 2.24) is 25.1 Å². The van der Waals surface area contributed by atoms with Crippen LogP contribution in [0.15, 0.2) is 79.5 Å². The van der Waals surface area contributed by atoms with E-state index in [1.54, 1.807) is 18.3 Å². The third-order valence-corrected chi connectivity index (χ3v) is 4.54. The number of hydrogen-bond acceptors (Lipinski definition) is 3. The third-order valence-electron chi connectivity index (χ3n) is 4.54. The van der Waals surface area contributed by atoms with Crippen LogP contribution in [0.25, 0.3) is 11.3 Å². The van der Waals surface area contributed by atoms with Crippen LogP contribution >= 0.6 is 0 Å². The van der Waals surface area contributed by atoms with Gasteiger partial charge in [0.1, 0.15) is 5.82 Å². The molecule has 4 rings (SSSR count). The molecule has 0 spiro atoms. The summed E-state index contributed by atoms with van der Waals surface area (Å²) >= 11 is 0. The number of aromatic amines is 1. The van der Waals surface area contributed by atoms with E-state index in [4.69, 9.17) is 0 Å². The van der Waals surface area contributed by atoms with Gasteiger partial charge in [0.2, 0.25) is 0 Å². The summed E-state index contributed by atoms with van der Waals surface area (Å²) in [5.41, 5.74) is 4.06. The van der Waals surface area contributed by atoms with Crippen LogP contribution in [-0.4, -0.2) is 19.7 Å². The van der Waals surface area contributed by atoms with Crippen molar-refractivity contribution in [2.75, 3.05) is 0 Å². The number of nitrogens with zero attached hydrogens (tertiary/aromatic N) is 3. The van der Waals surface area contributed by atoms with Crippen molar-refractivity contribution in [3.63, 3.8) is 0 Å². The number of rotatable bonds is 7. The topological polar surface area (TPSA) is 58.5 Å². The van der Waals surface area contributed by atoms with Gasteiger partial charge in [0.25, 0.3) is 0 Å². The van der Waals surface area contributed by atoms with E-state index in [0.29, 0.717) is 6.54 Å². The molecule has 2 N–H and O–H groups in total. The zero-order valence-corrected chi connectivity index (χ0v) is 14.7. The molecule has 6 heteroatoms. The Kier molecular flexibility index (Phi) is 5.07. The Hall–Kier alpha value is -3.25. The second kappa shape index (κ2) is 7.97. The molecule has 0 aliphatic rings. The van der Waals surface area contributed by atoms with Gasteiger partial charge in [0.05, 0.1) is 24.3 Å². The lowest BCUT2D eigenvalue weighted by Crippen LogP contribution is -2.25. The summed E-state index contributed by atoms with van der Waals surface area (Å²) in [4.78, 5) is 4.13. The minimum Gasteiger partial charge on any atom is -0.336 e. The highest BCUT2D eigenvalue weighted by Crippen LogP contribution is 2.23. The van der Waals surface area contributed by atoms with Crippen LogP contribution < -0.4 is 5.32 Å².